The second-order valence-electron chi connectivity index (χ2n) is 6.04. The van der Waals surface area contributed by atoms with E-state index in [2.05, 4.69) is 10.6 Å². The van der Waals surface area contributed by atoms with Gasteiger partial charge in [0.25, 0.3) is 0 Å². The van der Waals surface area contributed by atoms with Crippen LogP contribution in [0.15, 0.2) is 30.3 Å². The number of hydrogen-bond acceptors (Lipinski definition) is 4. The molecule has 122 valence electrons. The van der Waals surface area contributed by atoms with Crippen molar-refractivity contribution in [3.05, 3.63) is 30.3 Å². The quantitative estimate of drug-likeness (QED) is 0.724. The molecule has 3 N–H and O–H groups in total. The molecule has 0 bridgehead atoms. The van der Waals surface area contributed by atoms with Gasteiger partial charge in [0.2, 0.25) is 5.91 Å². The van der Waals surface area contributed by atoms with Crippen LogP contribution in [0.2, 0.25) is 0 Å². The van der Waals surface area contributed by atoms with Gasteiger partial charge in [-0.15, -0.1) is 11.8 Å². The number of nitrogens with zero attached hydrogens (tertiary/aromatic N) is 1. The summed E-state index contributed by atoms with van der Waals surface area (Å²) < 4.78 is -0.599. The highest BCUT2D eigenvalue weighted by Gasteiger charge is 2.64. The van der Waals surface area contributed by atoms with E-state index >= 15 is 0 Å². The number of aliphatic carboxylic acids is 1. The molecule has 3 rings (SSSR count). The predicted octanol–water partition coefficient (Wildman–Crippen LogP) is 1.32. The highest BCUT2D eigenvalue weighted by Crippen LogP contribution is 2.50. The fourth-order valence-electron chi connectivity index (χ4n) is 2.98. The van der Waals surface area contributed by atoms with Crippen LogP contribution in [0, 0.1) is 0 Å². The summed E-state index contributed by atoms with van der Waals surface area (Å²) in [4.78, 5) is 37.0. The molecular weight excluding hydrogens is 318 g/mol. The van der Waals surface area contributed by atoms with Crippen LogP contribution in [0.5, 0.6) is 0 Å². The van der Waals surface area contributed by atoms with Gasteiger partial charge in [-0.2, -0.15) is 0 Å². The maximum Gasteiger partial charge on any atom is 0.327 e. The van der Waals surface area contributed by atoms with Crippen molar-refractivity contribution in [2.45, 2.75) is 36.1 Å². The number of nitrogens with one attached hydrogen (secondary N) is 2. The van der Waals surface area contributed by atoms with E-state index in [-0.39, 0.29) is 11.3 Å². The molecule has 1 aromatic carbocycles. The Bertz CT molecular complexity index is 664. The van der Waals surface area contributed by atoms with Crippen LogP contribution in [0.3, 0.4) is 0 Å². The second-order valence-corrected chi connectivity index (χ2v) is 7.81. The fourth-order valence-corrected chi connectivity index (χ4v) is 4.60. The molecule has 2 aliphatic heterocycles. The van der Waals surface area contributed by atoms with E-state index in [1.807, 2.05) is 6.07 Å². The molecule has 2 saturated heterocycles. The summed E-state index contributed by atoms with van der Waals surface area (Å²) >= 11 is 1.40. The lowest BCUT2D eigenvalue weighted by Gasteiger charge is -2.43. The summed E-state index contributed by atoms with van der Waals surface area (Å²) in [7, 11) is 0. The molecular formula is C15H17N3O4S. The second kappa shape index (κ2) is 5.45. The zero-order valence-electron chi connectivity index (χ0n) is 12.6. The van der Waals surface area contributed by atoms with Crippen LogP contribution in [-0.2, 0) is 9.59 Å². The summed E-state index contributed by atoms with van der Waals surface area (Å²) in [6.07, 6.45) is 0. The van der Waals surface area contributed by atoms with Crippen molar-refractivity contribution in [1.82, 2.24) is 10.2 Å². The van der Waals surface area contributed by atoms with Gasteiger partial charge in [0.1, 0.15) is 17.5 Å². The lowest BCUT2D eigenvalue weighted by Crippen LogP contribution is -2.70. The van der Waals surface area contributed by atoms with Gasteiger partial charge >= 0.3 is 12.0 Å². The first kappa shape index (κ1) is 15.7. The van der Waals surface area contributed by atoms with Crippen LogP contribution >= 0.6 is 11.8 Å². The van der Waals surface area contributed by atoms with Crippen molar-refractivity contribution in [2.24, 2.45) is 0 Å². The van der Waals surface area contributed by atoms with Crippen molar-refractivity contribution in [3.8, 4) is 0 Å². The van der Waals surface area contributed by atoms with Crippen LogP contribution in [0.1, 0.15) is 13.8 Å². The summed E-state index contributed by atoms with van der Waals surface area (Å²) in [5.41, 5.74) is 0.622. The zero-order valence-corrected chi connectivity index (χ0v) is 13.5. The topological polar surface area (TPSA) is 98.7 Å². The maximum absolute atomic E-state index is 12.2. The third-order valence-electron chi connectivity index (χ3n) is 3.99. The first-order valence-electron chi connectivity index (χ1n) is 7.16. The van der Waals surface area contributed by atoms with E-state index in [9.17, 15) is 19.5 Å². The Balaban J connectivity index is 1.66. The van der Waals surface area contributed by atoms with E-state index in [1.54, 1.807) is 38.1 Å². The highest BCUT2D eigenvalue weighted by molar-refractivity contribution is 8.01. The number of amides is 3. The number of carboxylic acid groups (broad SMARTS) is 1. The molecule has 2 heterocycles. The van der Waals surface area contributed by atoms with Gasteiger partial charge in [0.15, 0.2) is 0 Å². The van der Waals surface area contributed by atoms with E-state index in [0.29, 0.717) is 5.69 Å². The van der Waals surface area contributed by atoms with Crippen LogP contribution in [0.25, 0.3) is 0 Å². The lowest BCUT2D eigenvalue weighted by molar-refractivity contribution is -0.159. The largest absolute Gasteiger partial charge is 0.480 e. The number of urea groups is 1. The van der Waals surface area contributed by atoms with Gasteiger partial charge in [-0.05, 0) is 26.0 Å². The minimum Gasteiger partial charge on any atom is -0.480 e. The van der Waals surface area contributed by atoms with Gasteiger partial charge in [-0.3, -0.25) is 4.79 Å². The fraction of sp³-hybridized carbons (Fsp3) is 0.400. The van der Waals surface area contributed by atoms with Crippen LogP contribution in [0.4, 0.5) is 10.5 Å². The Kier molecular flexibility index (Phi) is 3.71. The van der Waals surface area contributed by atoms with Crippen molar-refractivity contribution < 1.29 is 19.5 Å². The first-order valence-corrected chi connectivity index (χ1v) is 8.04. The Morgan fingerprint density at radius 3 is 2.52 bits per heavy atom. The first-order chi connectivity index (χ1) is 10.8. The molecule has 7 nitrogen and oxygen atoms in total. The minimum atomic E-state index is -1.02. The minimum absolute atomic E-state index is 0.347. The number of thioether (sulfide) groups is 1. The number of carboxylic acids is 1. The molecule has 0 spiro atoms. The normalized spacial score (nSPS) is 27.8. The van der Waals surface area contributed by atoms with Crippen LogP contribution in [-0.4, -0.2) is 50.1 Å². The number of carbonyl (C=O) groups is 3. The van der Waals surface area contributed by atoms with E-state index in [4.69, 9.17) is 0 Å². The molecule has 3 amide bonds. The van der Waals surface area contributed by atoms with Gasteiger partial charge in [-0.1, -0.05) is 18.2 Å². The van der Waals surface area contributed by atoms with Crippen molar-refractivity contribution >= 4 is 35.4 Å². The van der Waals surface area contributed by atoms with Crippen molar-refractivity contribution in [3.63, 3.8) is 0 Å². The Morgan fingerprint density at radius 1 is 1.26 bits per heavy atom. The average molecular weight is 335 g/mol. The highest BCUT2D eigenvalue weighted by atomic mass is 32.2. The number of β-lactam (4-membered cyclic amide) rings is 1. The van der Waals surface area contributed by atoms with Crippen molar-refractivity contribution in [2.75, 3.05) is 5.32 Å². The average Bonchev–Trinajstić information content (AvgIpc) is 2.74. The summed E-state index contributed by atoms with van der Waals surface area (Å²) in [5, 5.41) is 14.3. The van der Waals surface area contributed by atoms with Crippen molar-refractivity contribution in [1.29, 1.82) is 0 Å². The van der Waals surface area contributed by atoms with E-state index < -0.39 is 28.8 Å². The molecule has 2 aliphatic rings. The Labute approximate surface area is 137 Å². The molecule has 0 unspecified atom stereocenters. The summed E-state index contributed by atoms with van der Waals surface area (Å²) in [6.45, 7) is 3.59. The molecule has 3 atom stereocenters. The molecule has 0 radical (unpaired) electrons. The zero-order chi connectivity index (χ0) is 16.8. The molecule has 0 aliphatic carbocycles. The number of benzene rings is 1. The van der Waals surface area contributed by atoms with Gasteiger partial charge in [0.05, 0.1) is 0 Å². The number of para-hydroxylation sites is 1. The standard InChI is InChI=1S/C15H17N3O4S/c1-15(2)10(13(20)21)18-11(19)9(12(18)23-15)17-14(22)16-8-6-4-3-5-7-8/h3-7,9-10,12H,1-2H3,(H,20,21)(H2,16,17,22)/t9-,10+,12-/m1/s1. The lowest BCUT2D eigenvalue weighted by atomic mass is 9.96. The molecule has 23 heavy (non-hydrogen) atoms. The molecule has 0 aromatic heterocycles. The molecule has 8 heteroatoms. The number of fused-ring (bicyclic) bond motifs is 1. The predicted molar refractivity (Wildman–Crippen MR) is 86.1 cm³/mol. The maximum atomic E-state index is 12.2. The van der Waals surface area contributed by atoms with Gasteiger partial charge < -0.3 is 20.6 Å². The van der Waals surface area contributed by atoms with Gasteiger partial charge in [0, 0.05) is 10.4 Å². The van der Waals surface area contributed by atoms with Gasteiger partial charge in [-0.25, -0.2) is 9.59 Å². The summed E-state index contributed by atoms with van der Waals surface area (Å²) in [5.74, 6) is -1.38. The number of rotatable bonds is 3. The van der Waals surface area contributed by atoms with E-state index in [1.165, 1.54) is 16.7 Å². The number of anilines is 1. The molecule has 2 fully saturated rings. The molecule has 0 saturated carbocycles. The third kappa shape index (κ3) is 2.63. The van der Waals surface area contributed by atoms with Crippen LogP contribution < -0.4 is 10.6 Å². The smallest absolute Gasteiger partial charge is 0.327 e. The van der Waals surface area contributed by atoms with E-state index in [0.717, 1.165) is 0 Å². The monoisotopic (exact) mass is 335 g/mol. The third-order valence-corrected chi connectivity index (χ3v) is 5.56. The Hall–Kier alpha value is -2.22. The Morgan fingerprint density at radius 2 is 1.91 bits per heavy atom. The SMILES string of the molecule is CC1(C)S[C@@H]2[C@H](NC(=O)Nc3ccccc3)C(=O)N2[C@H]1C(=O)O. The number of hydrogen-bond donors (Lipinski definition) is 3. The summed E-state index contributed by atoms with van der Waals surface area (Å²) in [6, 6.07) is 6.83. The molecule has 1 aromatic rings. The number of carbonyl (C=O) groups excluding carboxylic acids is 2.